The van der Waals surface area contributed by atoms with Gasteiger partial charge >= 0.3 is 0 Å². The average molecular weight is 428 g/mol. The molecule has 4 rings (SSSR count). The maximum absolute atomic E-state index is 12.9. The van der Waals surface area contributed by atoms with Crippen LogP contribution in [0.15, 0.2) is 54.9 Å². The number of hydrogen-bond donors (Lipinski definition) is 2. The summed E-state index contributed by atoms with van der Waals surface area (Å²) in [7, 11) is 0. The molecule has 0 bridgehead atoms. The number of fused-ring (bicyclic) bond motifs is 1. The molecule has 0 radical (unpaired) electrons. The van der Waals surface area contributed by atoms with Crippen LogP contribution in [0.4, 0.5) is 0 Å². The van der Waals surface area contributed by atoms with E-state index in [4.69, 9.17) is 39.4 Å². The van der Waals surface area contributed by atoms with Crippen molar-refractivity contribution >= 4 is 34.9 Å². The molecule has 1 aromatic heterocycles. The van der Waals surface area contributed by atoms with Crippen LogP contribution in [0, 0.1) is 0 Å². The number of Topliss-reactive ketones (excluding diaryl/α,β-unsaturated/α-hetero) is 1. The SMILES string of the molecule is NC(=O)c1cncc(-c2ccc3c(c2)OC(C(=O)c2ccc(Cl)cc2Cl)C3N)c1. The third-order valence-electron chi connectivity index (χ3n) is 4.76. The molecule has 2 aromatic carbocycles. The number of carbonyl (C=O) groups is 2. The predicted octanol–water partition coefficient (Wildman–Crippen LogP) is 3.80. The van der Waals surface area contributed by atoms with Crippen molar-refractivity contribution in [2.75, 3.05) is 0 Å². The van der Waals surface area contributed by atoms with E-state index in [1.54, 1.807) is 36.5 Å². The molecular formula is C21H15Cl2N3O3. The molecule has 1 amide bonds. The van der Waals surface area contributed by atoms with Crippen LogP contribution in [-0.4, -0.2) is 22.8 Å². The van der Waals surface area contributed by atoms with E-state index in [-0.39, 0.29) is 10.8 Å². The van der Waals surface area contributed by atoms with Crippen LogP contribution in [0.2, 0.25) is 10.0 Å². The zero-order valence-electron chi connectivity index (χ0n) is 14.9. The minimum absolute atomic E-state index is 0.240. The smallest absolute Gasteiger partial charge is 0.250 e. The van der Waals surface area contributed by atoms with Crippen molar-refractivity contribution in [1.82, 2.24) is 4.98 Å². The summed E-state index contributed by atoms with van der Waals surface area (Å²) in [6.07, 6.45) is 2.10. The summed E-state index contributed by atoms with van der Waals surface area (Å²) in [4.78, 5) is 28.4. The number of nitrogens with zero attached hydrogens (tertiary/aromatic N) is 1. The summed E-state index contributed by atoms with van der Waals surface area (Å²) in [5.41, 5.74) is 14.3. The van der Waals surface area contributed by atoms with Crippen LogP contribution in [0.3, 0.4) is 0 Å². The lowest BCUT2D eigenvalue weighted by Crippen LogP contribution is -2.33. The molecule has 0 saturated carbocycles. The second-order valence-corrected chi connectivity index (χ2v) is 7.48. The molecule has 2 heterocycles. The van der Waals surface area contributed by atoms with Crippen LogP contribution in [0.5, 0.6) is 5.75 Å². The van der Waals surface area contributed by atoms with Gasteiger partial charge in [-0.15, -0.1) is 0 Å². The van der Waals surface area contributed by atoms with E-state index in [0.717, 1.165) is 5.56 Å². The normalized spacial score (nSPS) is 17.5. The number of primary amides is 1. The summed E-state index contributed by atoms with van der Waals surface area (Å²) >= 11 is 12.1. The molecule has 3 aromatic rings. The van der Waals surface area contributed by atoms with E-state index in [1.165, 1.54) is 12.3 Å². The van der Waals surface area contributed by atoms with Crippen molar-refractivity contribution in [3.05, 3.63) is 81.6 Å². The van der Waals surface area contributed by atoms with Crippen molar-refractivity contribution < 1.29 is 14.3 Å². The first-order chi connectivity index (χ1) is 13.8. The molecule has 0 fully saturated rings. The largest absolute Gasteiger partial charge is 0.480 e. The highest BCUT2D eigenvalue weighted by Gasteiger charge is 2.38. The Hall–Kier alpha value is -2.93. The Morgan fingerprint density at radius 3 is 2.52 bits per heavy atom. The van der Waals surface area contributed by atoms with E-state index in [1.807, 2.05) is 6.07 Å². The number of benzene rings is 2. The topological polar surface area (TPSA) is 108 Å². The Labute approximate surface area is 176 Å². The van der Waals surface area contributed by atoms with Crippen LogP contribution in [-0.2, 0) is 0 Å². The van der Waals surface area contributed by atoms with Crippen LogP contribution < -0.4 is 16.2 Å². The fourth-order valence-electron chi connectivity index (χ4n) is 3.26. The van der Waals surface area contributed by atoms with Gasteiger partial charge in [0.2, 0.25) is 11.7 Å². The standard InChI is InChI=1S/C21H15Cl2N3O3/c22-13-2-4-14(16(23)7-13)19(27)20-18(24)15-3-1-10(6-17(15)29-20)11-5-12(21(25)28)9-26-8-11/h1-9,18,20H,24H2,(H2,25,28). The molecule has 0 saturated heterocycles. The van der Waals surface area contributed by atoms with Gasteiger partial charge in [0.1, 0.15) is 5.75 Å². The van der Waals surface area contributed by atoms with Gasteiger partial charge in [0.15, 0.2) is 6.10 Å². The van der Waals surface area contributed by atoms with E-state index in [9.17, 15) is 9.59 Å². The molecule has 146 valence electrons. The molecule has 1 aliphatic rings. The van der Waals surface area contributed by atoms with E-state index in [2.05, 4.69) is 4.98 Å². The average Bonchev–Trinajstić information content (AvgIpc) is 3.03. The van der Waals surface area contributed by atoms with E-state index >= 15 is 0 Å². The number of rotatable bonds is 4. The van der Waals surface area contributed by atoms with Crippen molar-refractivity contribution in [3.63, 3.8) is 0 Å². The van der Waals surface area contributed by atoms with Gasteiger partial charge in [-0.25, -0.2) is 0 Å². The number of ether oxygens (including phenoxy) is 1. The summed E-state index contributed by atoms with van der Waals surface area (Å²) in [6, 6.07) is 11.0. The lowest BCUT2D eigenvalue weighted by molar-refractivity contribution is 0.0794. The minimum Gasteiger partial charge on any atom is -0.480 e. The Kier molecular flexibility index (Phi) is 5.00. The molecule has 29 heavy (non-hydrogen) atoms. The van der Waals surface area contributed by atoms with Gasteiger partial charge in [0, 0.05) is 34.1 Å². The minimum atomic E-state index is -0.908. The van der Waals surface area contributed by atoms with Crippen molar-refractivity contribution in [2.24, 2.45) is 11.5 Å². The van der Waals surface area contributed by atoms with E-state index in [0.29, 0.717) is 33.0 Å². The number of aromatic nitrogens is 1. The highest BCUT2D eigenvalue weighted by atomic mass is 35.5. The molecule has 4 N–H and O–H groups in total. The third-order valence-corrected chi connectivity index (χ3v) is 5.31. The lowest BCUT2D eigenvalue weighted by Gasteiger charge is -2.15. The number of pyridine rings is 1. The molecule has 8 heteroatoms. The quantitative estimate of drug-likeness (QED) is 0.615. The Balaban J connectivity index is 1.65. The fourth-order valence-corrected chi connectivity index (χ4v) is 3.76. The number of nitrogens with two attached hydrogens (primary N) is 2. The number of carbonyl (C=O) groups excluding carboxylic acids is 2. The Morgan fingerprint density at radius 2 is 1.79 bits per heavy atom. The first-order valence-electron chi connectivity index (χ1n) is 8.66. The number of halogens is 2. The van der Waals surface area contributed by atoms with Gasteiger partial charge in [0.05, 0.1) is 16.6 Å². The highest BCUT2D eigenvalue weighted by Crippen LogP contribution is 2.39. The molecular weight excluding hydrogens is 413 g/mol. The summed E-state index contributed by atoms with van der Waals surface area (Å²) in [5.74, 6) is -0.401. The Bertz CT molecular complexity index is 1150. The molecule has 0 aliphatic carbocycles. The van der Waals surface area contributed by atoms with Gasteiger partial charge in [-0.3, -0.25) is 14.6 Å². The van der Waals surface area contributed by atoms with Crippen molar-refractivity contribution in [2.45, 2.75) is 12.1 Å². The van der Waals surface area contributed by atoms with Gasteiger partial charge in [-0.1, -0.05) is 35.3 Å². The van der Waals surface area contributed by atoms with Gasteiger partial charge in [-0.2, -0.15) is 0 Å². The number of amides is 1. The zero-order chi connectivity index (χ0) is 20.7. The molecule has 2 unspecified atom stereocenters. The highest BCUT2D eigenvalue weighted by molar-refractivity contribution is 6.37. The van der Waals surface area contributed by atoms with Crippen LogP contribution in [0.25, 0.3) is 11.1 Å². The van der Waals surface area contributed by atoms with Crippen molar-refractivity contribution in [1.29, 1.82) is 0 Å². The lowest BCUT2D eigenvalue weighted by atomic mass is 9.96. The van der Waals surface area contributed by atoms with Crippen LogP contribution >= 0.6 is 23.2 Å². The second-order valence-electron chi connectivity index (χ2n) is 6.63. The van der Waals surface area contributed by atoms with E-state index < -0.39 is 18.1 Å². The summed E-state index contributed by atoms with van der Waals surface area (Å²) in [5, 5.41) is 0.673. The Morgan fingerprint density at radius 1 is 1.00 bits per heavy atom. The van der Waals surface area contributed by atoms with Gasteiger partial charge < -0.3 is 16.2 Å². The molecule has 1 aliphatic heterocycles. The van der Waals surface area contributed by atoms with Gasteiger partial charge in [-0.05, 0) is 35.9 Å². The summed E-state index contributed by atoms with van der Waals surface area (Å²) < 4.78 is 5.88. The molecule has 6 nitrogen and oxygen atoms in total. The number of ketones is 1. The first kappa shape index (κ1) is 19.4. The number of hydrogen-bond acceptors (Lipinski definition) is 5. The molecule has 2 atom stereocenters. The third kappa shape index (κ3) is 3.58. The first-order valence-corrected chi connectivity index (χ1v) is 9.41. The molecule has 0 spiro atoms. The predicted molar refractivity (Wildman–Crippen MR) is 110 cm³/mol. The summed E-state index contributed by atoms with van der Waals surface area (Å²) in [6.45, 7) is 0. The second kappa shape index (κ2) is 7.48. The maximum atomic E-state index is 12.9. The van der Waals surface area contributed by atoms with Gasteiger partial charge in [0.25, 0.3) is 0 Å². The van der Waals surface area contributed by atoms with Crippen molar-refractivity contribution in [3.8, 4) is 16.9 Å². The fraction of sp³-hybridized carbons (Fsp3) is 0.0952. The zero-order valence-corrected chi connectivity index (χ0v) is 16.4. The monoisotopic (exact) mass is 427 g/mol. The van der Waals surface area contributed by atoms with Crippen LogP contribution in [0.1, 0.15) is 32.3 Å². The maximum Gasteiger partial charge on any atom is 0.250 e.